The van der Waals surface area contributed by atoms with Crippen LogP contribution in [0.4, 0.5) is 5.69 Å². The standard InChI is InChI=1S/C23H32N2O2S/c1-18(2)15-20-17-25(14-13-23(20)24-21-7-5-4-6-8-21)16-19-9-11-22(12-10-19)28(3,26)27/h4-12,18,20,23-24H,13-17H2,1-3H3/t20-,23+/m0/s1. The van der Waals surface area contributed by atoms with Crippen molar-refractivity contribution in [2.75, 3.05) is 24.7 Å². The Kier molecular flexibility index (Phi) is 6.78. The molecular weight excluding hydrogens is 368 g/mol. The zero-order valence-electron chi connectivity index (χ0n) is 17.1. The van der Waals surface area contributed by atoms with E-state index < -0.39 is 9.84 Å². The Morgan fingerprint density at radius 2 is 1.75 bits per heavy atom. The molecule has 1 heterocycles. The van der Waals surface area contributed by atoms with E-state index in [1.807, 2.05) is 12.1 Å². The number of piperidine rings is 1. The van der Waals surface area contributed by atoms with Gasteiger partial charge in [-0.15, -0.1) is 0 Å². The molecule has 2 atom stereocenters. The number of sulfone groups is 1. The number of benzene rings is 2. The van der Waals surface area contributed by atoms with Crippen molar-refractivity contribution in [2.45, 2.75) is 44.2 Å². The van der Waals surface area contributed by atoms with Gasteiger partial charge in [0.1, 0.15) is 0 Å². The number of anilines is 1. The van der Waals surface area contributed by atoms with Gasteiger partial charge in [-0.1, -0.05) is 44.2 Å². The van der Waals surface area contributed by atoms with Crippen LogP contribution in [0.25, 0.3) is 0 Å². The quantitative estimate of drug-likeness (QED) is 0.746. The largest absolute Gasteiger partial charge is 0.382 e. The lowest BCUT2D eigenvalue weighted by molar-refractivity contribution is 0.141. The highest BCUT2D eigenvalue weighted by Crippen LogP contribution is 2.28. The van der Waals surface area contributed by atoms with Crippen LogP contribution in [0.5, 0.6) is 0 Å². The van der Waals surface area contributed by atoms with E-state index in [1.54, 1.807) is 12.1 Å². The van der Waals surface area contributed by atoms with Crippen LogP contribution in [-0.4, -0.2) is 38.7 Å². The van der Waals surface area contributed by atoms with Crippen LogP contribution in [0.3, 0.4) is 0 Å². The van der Waals surface area contributed by atoms with E-state index >= 15 is 0 Å². The number of rotatable bonds is 7. The molecule has 5 heteroatoms. The molecule has 0 bridgehead atoms. The van der Waals surface area contributed by atoms with Crippen molar-refractivity contribution in [3.05, 3.63) is 60.2 Å². The Morgan fingerprint density at radius 3 is 2.36 bits per heavy atom. The summed E-state index contributed by atoms with van der Waals surface area (Å²) >= 11 is 0. The summed E-state index contributed by atoms with van der Waals surface area (Å²) in [5.41, 5.74) is 2.37. The highest BCUT2D eigenvalue weighted by molar-refractivity contribution is 7.90. The first kappa shape index (κ1) is 20.9. The third-order valence-corrected chi connectivity index (χ3v) is 6.60. The van der Waals surface area contributed by atoms with Gasteiger partial charge in [0, 0.05) is 37.6 Å². The summed E-state index contributed by atoms with van der Waals surface area (Å²) in [6.07, 6.45) is 3.57. The first-order chi connectivity index (χ1) is 13.3. The Balaban J connectivity index is 1.65. The van der Waals surface area contributed by atoms with Crippen molar-refractivity contribution >= 4 is 15.5 Å². The number of likely N-dealkylation sites (tertiary alicyclic amines) is 1. The molecule has 28 heavy (non-hydrogen) atoms. The minimum absolute atomic E-state index is 0.389. The van der Waals surface area contributed by atoms with Crippen molar-refractivity contribution < 1.29 is 8.42 Å². The van der Waals surface area contributed by atoms with Crippen molar-refractivity contribution in [1.29, 1.82) is 0 Å². The van der Waals surface area contributed by atoms with E-state index in [2.05, 4.69) is 54.4 Å². The molecule has 3 rings (SSSR count). The highest BCUT2D eigenvalue weighted by Gasteiger charge is 2.29. The number of para-hydroxylation sites is 1. The smallest absolute Gasteiger partial charge is 0.175 e. The third-order valence-electron chi connectivity index (χ3n) is 5.48. The molecule has 0 unspecified atom stereocenters. The first-order valence-electron chi connectivity index (χ1n) is 10.1. The van der Waals surface area contributed by atoms with E-state index in [9.17, 15) is 8.42 Å². The van der Waals surface area contributed by atoms with Crippen LogP contribution in [0.15, 0.2) is 59.5 Å². The average Bonchev–Trinajstić information content (AvgIpc) is 2.64. The monoisotopic (exact) mass is 400 g/mol. The van der Waals surface area contributed by atoms with Gasteiger partial charge in [-0.25, -0.2) is 8.42 Å². The second kappa shape index (κ2) is 9.10. The van der Waals surface area contributed by atoms with Gasteiger partial charge in [0.2, 0.25) is 0 Å². The van der Waals surface area contributed by atoms with E-state index in [4.69, 9.17) is 0 Å². The van der Waals surface area contributed by atoms with Crippen LogP contribution in [0, 0.1) is 11.8 Å². The Bertz CT molecular complexity index is 848. The van der Waals surface area contributed by atoms with Crippen LogP contribution in [0.2, 0.25) is 0 Å². The molecule has 0 aromatic heterocycles. The number of nitrogens with one attached hydrogen (secondary N) is 1. The van der Waals surface area contributed by atoms with Crippen molar-refractivity contribution in [3.63, 3.8) is 0 Å². The molecule has 1 N–H and O–H groups in total. The summed E-state index contributed by atoms with van der Waals surface area (Å²) in [5.74, 6) is 1.27. The molecule has 0 amide bonds. The zero-order chi connectivity index (χ0) is 20.1. The predicted octanol–water partition coefficient (Wildman–Crippen LogP) is 4.44. The zero-order valence-corrected chi connectivity index (χ0v) is 18.0. The fraction of sp³-hybridized carbons (Fsp3) is 0.478. The molecule has 1 fully saturated rings. The maximum absolute atomic E-state index is 11.6. The van der Waals surface area contributed by atoms with Crippen LogP contribution < -0.4 is 5.32 Å². The van der Waals surface area contributed by atoms with E-state index in [0.717, 1.165) is 26.1 Å². The van der Waals surface area contributed by atoms with Crippen molar-refractivity contribution in [3.8, 4) is 0 Å². The highest BCUT2D eigenvalue weighted by atomic mass is 32.2. The van der Waals surface area contributed by atoms with Gasteiger partial charge in [0.25, 0.3) is 0 Å². The van der Waals surface area contributed by atoms with Gasteiger partial charge in [0.15, 0.2) is 9.84 Å². The molecule has 0 saturated carbocycles. The summed E-state index contributed by atoms with van der Waals surface area (Å²) in [5, 5.41) is 3.75. The molecule has 0 spiro atoms. The van der Waals surface area contributed by atoms with Crippen LogP contribution >= 0.6 is 0 Å². The van der Waals surface area contributed by atoms with Crippen molar-refractivity contribution in [2.24, 2.45) is 11.8 Å². The topological polar surface area (TPSA) is 49.4 Å². The number of nitrogens with zero attached hydrogens (tertiary/aromatic N) is 1. The van der Waals surface area contributed by atoms with Gasteiger partial charge in [-0.3, -0.25) is 4.90 Å². The lowest BCUT2D eigenvalue weighted by Crippen LogP contribution is -2.46. The SMILES string of the molecule is CC(C)C[C@H]1CN(Cc2ccc(S(C)(=O)=O)cc2)CC[C@H]1Nc1ccccc1. The second-order valence-corrected chi connectivity index (χ2v) is 10.5. The first-order valence-corrected chi connectivity index (χ1v) is 12.0. The van der Waals surface area contributed by atoms with Gasteiger partial charge in [-0.2, -0.15) is 0 Å². The number of hydrogen-bond acceptors (Lipinski definition) is 4. The lowest BCUT2D eigenvalue weighted by atomic mass is 9.85. The molecular formula is C23H32N2O2S. The molecule has 1 saturated heterocycles. The summed E-state index contributed by atoms with van der Waals surface area (Å²) < 4.78 is 23.3. The summed E-state index contributed by atoms with van der Waals surface area (Å²) in [6.45, 7) is 7.57. The van der Waals surface area contributed by atoms with Crippen molar-refractivity contribution in [1.82, 2.24) is 4.90 Å². The Hall–Kier alpha value is -1.85. The maximum Gasteiger partial charge on any atom is 0.175 e. The molecule has 0 aliphatic carbocycles. The third kappa shape index (κ3) is 5.82. The van der Waals surface area contributed by atoms with Gasteiger partial charge < -0.3 is 5.32 Å². The van der Waals surface area contributed by atoms with Crippen LogP contribution in [-0.2, 0) is 16.4 Å². The van der Waals surface area contributed by atoms with Crippen LogP contribution in [0.1, 0.15) is 32.3 Å². The van der Waals surface area contributed by atoms with E-state index in [-0.39, 0.29) is 0 Å². The molecule has 4 nitrogen and oxygen atoms in total. The molecule has 2 aromatic rings. The van der Waals surface area contributed by atoms with E-state index in [0.29, 0.717) is 22.8 Å². The molecule has 2 aromatic carbocycles. The lowest BCUT2D eigenvalue weighted by Gasteiger charge is -2.40. The van der Waals surface area contributed by atoms with Gasteiger partial charge in [0.05, 0.1) is 4.90 Å². The fourth-order valence-electron chi connectivity index (χ4n) is 4.13. The molecule has 1 aliphatic heterocycles. The summed E-state index contributed by atoms with van der Waals surface area (Å²) in [7, 11) is -3.13. The average molecular weight is 401 g/mol. The molecule has 0 radical (unpaired) electrons. The minimum atomic E-state index is -3.13. The fourth-order valence-corrected chi connectivity index (χ4v) is 4.76. The Morgan fingerprint density at radius 1 is 1.07 bits per heavy atom. The maximum atomic E-state index is 11.6. The Labute approximate surface area is 169 Å². The summed E-state index contributed by atoms with van der Waals surface area (Å²) in [4.78, 5) is 2.89. The second-order valence-electron chi connectivity index (χ2n) is 8.45. The predicted molar refractivity (Wildman–Crippen MR) is 116 cm³/mol. The van der Waals surface area contributed by atoms with Gasteiger partial charge in [-0.05, 0) is 54.5 Å². The van der Waals surface area contributed by atoms with Gasteiger partial charge >= 0.3 is 0 Å². The molecule has 1 aliphatic rings. The summed E-state index contributed by atoms with van der Waals surface area (Å²) in [6, 6.07) is 18.3. The normalized spacial score (nSPS) is 21.0. The minimum Gasteiger partial charge on any atom is -0.382 e. The molecule has 152 valence electrons. The van der Waals surface area contributed by atoms with E-state index in [1.165, 1.54) is 23.9 Å². The number of hydrogen-bond donors (Lipinski definition) is 1.